The molecule has 6 nitrogen and oxygen atoms in total. The zero-order chi connectivity index (χ0) is 20.2. The minimum absolute atomic E-state index is 0. The van der Waals surface area contributed by atoms with Crippen molar-refractivity contribution in [3.05, 3.63) is 29.8 Å². The van der Waals surface area contributed by atoms with E-state index < -0.39 is 0 Å². The number of halogens is 1. The maximum atomic E-state index is 12.1. The summed E-state index contributed by atoms with van der Waals surface area (Å²) in [5, 5.41) is 9.65. The molecule has 1 aromatic carbocycles. The molecule has 29 heavy (non-hydrogen) atoms. The number of carbonyl (C=O) groups is 1. The van der Waals surface area contributed by atoms with Gasteiger partial charge in [0.25, 0.3) is 0 Å². The molecule has 0 spiro atoms. The molecule has 7 heteroatoms. The lowest BCUT2D eigenvalue weighted by atomic mass is 9.89. The number of hydrogen-bond donors (Lipinski definition) is 3. The van der Waals surface area contributed by atoms with Gasteiger partial charge in [0.1, 0.15) is 5.75 Å². The molecule has 0 heterocycles. The summed E-state index contributed by atoms with van der Waals surface area (Å²) in [6, 6.07) is 8.24. The Morgan fingerprint density at radius 2 is 1.69 bits per heavy atom. The molecule has 1 saturated carbocycles. The standard InChI is InChI=1S/C22H36N4O2.HI/c1-17(18-9-11-20(28-3)12-10-18)13-14-25-22(23-2)26-16-15-24-21(27)19-7-5-4-6-8-19;/h9-12,17,19H,4-8,13-16H2,1-3H3,(H,24,27)(H2,23,25,26);1H. The van der Waals surface area contributed by atoms with Gasteiger partial charge in [-0.3, -0.25) is 9.79 Å². The molecule has 0 saturated heterocycles. The fourth-order valence-corrected chi connectivity index (χ4v) is 3.60. The first-order valence-electron chi connectivity index (χ1n) is 10.5. The van der Waals surface area contributed by atoms with Gasteiger partial charge >= 0.3 is 0 Å². The van der Waals surface area contributed by atoms with Crippen LogP contribution in [-0.4, -0.2) is 45.7 Å². The second-order valence-electron chi connectivity index (χ2n) is 7.51. The molecule has 0 bridgehead atoms. The van der Waals surface area contributed by atoms with Crippen molar-refractivity contribution in [2.45, 2.75) is 51.4 Å². The van der Waals surface area contributed by atoms with Crippen molar-refractivity contribution in [2.24, 2.45) is 10.9 Å². The smallest absolute Gasteiger partial charge is 0.223 e. The molecule has 164 valence electrons. The average molecular weight is 516 g/mol. The third-order valence-electron chi connectivity index (χ3n) is 5.47. The van der Waals surface area contributed by atoms with Crippen molar-refractivity contribution in [2.75, 3.05) is 33.8 Å². The van der Waals surface area contributed by atoms with Gasteiger partial charge in [-0.05, 0) is 42.9 Å². The van der Waals surface area contributed by atoms with Crippen LogP contribution in [0.3, 0.4) is 0 Å². The molecule has 1 aromatic rings. The van der Waals surface area contributed by atoms with E-state index in [9.17, 15) is 4.79 Å². The Morgan fingerprint density at radius 3 is 2.31 bits per heavy atom. The predicted molar refractivity (Wildman–Crippen MR) is 130 cm³/mol. The fourth-order valence-electron chi connectivity index (χ4n) is 3.60. The molecule has 0 aliphatic heterocycles. The Hall–Kier alpha value is -1.51. The third kappa shape index (κ3) is 9.23. The highest BCUT2D eigenvalue weighted by atomic mass is 127. The molecule has 1 amide bonds. The van der Waals surface area contributed by atoms with E-state index in [0.29, 0.717) is 19.0 Å². The third-order valence-corrected chi connectivity index (χ3v) is 5.47. The summed E-state index contributed by atoms with van der Waals surface area (Å²) in [6.07, 6.45) is 6.71. The van der Waals surface area contributed by atoms with Crippen molar-refractivity contribution < 1.29 is 9.53 Å². The molecular weight excluding hydrogens is 479 g/mol. The molecule has 1 aliphatic rings. The lowest BCUT2D eigenvalue weighted by Crippen LogP contribution is -2.43. The van der Waals surface area contributed by atoms with E-state index in [1.807, 2.05) is 12.1 Å². The van der Waals surface area contributed by atoms with E-state index in [1.165, 1.54) is 24.8 Å². The minimum atomic E-state index is 0. The maximum absolute atomic E-state index is 12.1. The number of nitrogens with one attached hydrogen (secondary N) is 3. The van der Waals surface area contributed by atoms with Crippen LogP contribution in [0.25, 0.3) is 0 Å². The first-order valence-corrected chi connectivity index (χ1v) is 10.5. The van der Waals surface area contributed by atoms with Crippen LogP contribution < -0.4 is 20.7 Å². The van der Waals surface area contributed by atoms with E-state index in [4.69, 9.17) is 4.74 Å². The molecule has 1 unspecified atom stereocenters. The van der Waals surface area contributed by atoms with Gasteiger partial charge in [-0.2, -0.15) is 0 Å². The number of hydrogen-bond acceptors (Lipinski definition) is 3. The zero-order valence-electron chi connectivity index (χ0n) is 18.0. The van der Waals surface area contributed by atoms with Crippen LogP contribution in [0, 0.1) is 5.92 Å². The molecule has 0 aromatic heterocycles. The number of guanidine groups is 1. The first-order chi connectivity index (χ1) is 13.6. The topological polar surface area (TPSA) is 74.8 Å². The average Bonchev–Trinajstić information content (AvgIpc) is 2.75. The van der Waals surface area contributed by atoms with Gasteiger partial charge < -0.3 is 20.7 Å². The highest BCUT2D eigenvalue weighted by molar-refractivity contribution is 14.0. The number of rotatable bonds is 9. The summed E-state index contributed by atoms with van der Waals surface area (Å²) in [5.74, 6) is 2.53. The molecule has 0 radical (unpaired) electrons. The van der Waals surface area contributed by atoms with Crippen LogP contribution in [0.4, 0.5) is 0 Å². The molecule has 1 fully saturated rings. The van der Waals surface area contributed by atoms with Crippen LogP contribution in [0.2, 0.25) is 0 Å². The van der Waals surface area contributed by atoms with Gasteiger partial charge in [0.15, 0.2) is 5.96 Å². The van der Waals surface area contributed by atoms with E-state index >= 15 is 0 Å². The second-order valence-corrected chi connectivity index (χ2v) is 7.51. The lowest BCUT2D eigenvalue weighted by molar-refractivity contribution is -0.125. The molecule has 3 N–H and O–H groups in total. The van der Waals surface area contributed by atoms with Crippen LogP contribution >= 0.6 is 24.0 Å². The highest BCUT2D eigenvalue weighted by Gasteiger charge is 2.20. The van der Waals surface area contributed by atoms with Crippen molar-refractivity contribution in [1.29, 1.82) is 0 Å². The Labute approximate surface area is 192 Å². The predicted octanol–water partition coefficient (Wildman–Crippen LogP) is 3.67. The monoisotopic (exact) mass is 516 g/mol. The number of nitrogens with zero attached hydrogens (tertiary/aromatic N) is 1. The summed E-state index contributed by atoms with van der Waals surface area (Å²) >= 11 is 0. The quantitative estimate of drug-likeness (QED) is 0.203. The Bertz CT molecular complexity index is 616. The van der Waals surface area contributed by atoms with Gasteiger partial charge in [-0.15, -0.1) is 24.0 Å². The van der Waals surface area contributed by atoms with E-state index in [1.54, 1.807) is 14.2 Å². The molecule has 1 aliphatic carbocycles. The number of carbonyl (C=O) groups excluding carboxylic acids is 1. The Kier molecular flexibility index (Phi) is 12.7. The van der Waals surface area contributed by atoms with Crippen LogP contribution in [0.1, 0.15) is 56.9 Å². The van der Waals surface area contributed by atoms with Crippen molar-refractivity contribution >= 4 is 35.8 Å². The first kappa shape index (κ1) is 25.5. The fraction of sp³-hybridized carbons (Fsp3) is 0.636. The van der Waals surface area contributed by atoms with Crippen molar-refractivity contribution in [3.8, 4) is 5.75 Å². The normalized spacial score (nSPS) is 15.8. The number of amides is 1. The van der Waals surface area contributed by atoms with Crippen LogP contribution in [0.5, 0.6) is 5.75 Å². The van der Waals surface area contributed by atoms with E-state index in [2.05, 4.69) is 40.0 Å². The number of benzene rings is 1. The second kappa shape index (κ2) is 14.5. The van der Waals surface area contributed by atoms with Gasteiger partial charge in [0, 0.05) is 32.6 Å². The Morgan fingerprint density at radius 1 is 1.07 bits per heavy atom. The molecule has 1 atom stereocenters. The summed E-state index contributed by atoms with van der Waals surface area (Å²) < 4.78 is 5.21. The van der Waals surface area contributed by atoms with Gasteiger partial charge in [0.2, 0.25) is 5.91 Å². The maximum Gasteiger partial charge on any atom is 0.223 e. The van der Waals surface area contributed by atoms with E-state index in [-0.39, 0.29) is 35.8 Å². The van der Waals surface area contributed by atoms with Crippen LogP contribution in [0.15, 0.2) is 29.3 Å². The lowest BCUT2D eigenvalue weighted by Gasteiger charge is -2.21. The zero-order valence-corrected chi connectivity index (χ0v) is 20.3. The Balaban J connectivity index is 0.00000420. The summed E-state index contributed by atoms with van der Waals surface area (Å²) in [7, 11) is 3.45. The number of aliphatic imine (C=N–C) groups is 1. The number of ether oxygens (including phenoxy) is 1. The van der Waals surface area contributed by atoms with Crippen LogP contribution in [-0.2, 0) is 4.79 Å². The summed E-state index contributed by atoms with van der Waals surface area (Å²) in [4.78, 5) is 16.4. The van der Waals surface area contributed by atoms with Gasteiger partial charge in [-0.25, -0.2) is 0 Å². The highest BCUT2D eigenvalue weighted by Crippen LogP contribution is 2.23. The van der Waals surface area contributed by atoms with Crippen molar-refractivity contribution in [1.82, 2.24) is 16.0 Å². The van der Waals surface area contributed by atoms with Crippen molar-refractivity contribution in [3.63, 3.8) is 0 Å². The SMILES string of the molecule is CN=C(NCCNC(=O)C1CCCCC1)NCCC(C)c1ccc(OC)cc1.I. The number of methoxy groups -OCH3 is 1. The molecular formula is C22H37IN4O2. The largest absolute Gasteiger partial charge is 0.497 e. The van der Waals surface area contributed by atoms with Gasteiger partial charge in [0.05, 0.1) is 7.11 Å². The molecule has 2 rings (SSSR count). The summed E-state index contributed by atoms with van der Waals surface area (Å²) in [6.45, 7) is 4.35. The summed E-state index contributed by atoms with van der Waals surface area (Å²) in [5.41, 5.74) is 1.30. The minimum Gasteiger partial charge on any atom is -0.497 e. The van der Waals surface area contributed by atoms with E-state index in [0.717, 1.165) is 37.5 Å². The van der Waals surface area contributed by atoms with Gasteiger partial charge in [-0.1, -0.05) is 38.3 Å².